The summed E-state index contributed by atoms with van der Waals surface area (Å²) < 4.78 is 28.2. The smallest absolute Gasteiger partial charge is 0.133 e. The van der Waals surface area contributed by atoms with Gasteiger partial charge in [-0.3, -0.25) is 0 Å². The van der Waals surface area contributed by atoms with Crippen molar-refractivity contribution in [1.82, 2.24) is 9.97 Å². The molecule has 7 heteroatoms. The van der Waals surface area contributed by atoms with Gasteiger partial charge in [-0.1, -0.05) is 12.1 Å². The molecule has 0 bridgehead atoms. The molecule has 34 heavy (non-hydrogen) atoms. The highest BCUT2D eigenvalue weighted by Crippen LogP contribution is 2.26. The number of aromatic nitrogens is 2. The predicted octanol–water partition coefficient (Wildman–Crippen LogP) is 5.84. The lowest BCUT2D eigenvalue weighted by atomic mass is 10.1. The molecule has 0 spiro atoms. The first-order valence-corrected chi connectivity index (χ1v) is 11.3. The molecular formula is C27H30N2O5. The zero-order valence-corrected chi connectivity index (χ0v) is 20.0. The molecule has 0 saturated carbocycles. The van der Waals surface area contributed by atoms with E-state index in [4.69, 9.17) is 23.7 Å². The summed E-state index contributed by atoms with van der Waals surface area (Å²) in [6.45, 7) is 5.42. The van der Waals surface area contributed by atoms with E-state index in [9.17, 15) is 0 Å². The van der Waals surface area contributed by atoms with Crippen molar-refractivity contribution >= 4 is 11.0 Å². The molecule has 1 unspecified atom stereocenters. The van der Waals surface area contributed by atoms with E-state index in [0.717, 1.165) is 51.0 Å². The minimum Gasteiger partial charge on any atom is -0.497 e. The van der Waals surface area contributed by atoms with Crippen LogP contribution >= 0.6 is 0 Å². The Morgan fingerprint density at radius 1 is 0.794 bits per heavy atom. The molecule has 4 aromatic rings. The molecule has 0 fully saturated rings. The van der Waals surface area contributed by atoms with E-state index < -0.39 is 0 Å². The van der Waals surface area contributed by atoms with Crippen molar-refractivity contribution in [2.24, 2.45) is 0 Å². The minimum atomic E-state index is -0.0936. The summed E-state index contributed by atoms with van der Waals surface area (Å²) in [5.74, 6) is 3.86. The number of imidazole rings is 1. The first-order chi connectivity index (χ1) is 16.6. The molecule has 178 valence electrons. The van der Waals surface area contributed by atoms with E-state index in [1.165, 1.54) is 0 Å². The Kier molecular flexibility index (Phi) is 7.54. The van der Waals surface area contributed by atoms with E-state index in [0.29, 0.717) is 19.8 Å². The Morgan fingerprint density at radius 3 is 2.18 bits per heavy atom. The summed E-state index contributed by atoms with van der Waals surface area (Å²) in [6, 6.07) is 19.5. The average Bonchev–Trinajstić information content (AvgIpc) is 3.28. The van der Waals surface area contributed by atoms with Crippen molar-refractivity contribution in [3.05, 3.63) is 77.6 Å². The molecule has 0 aliphatic rings. The van der Waals surface area contributed by atoms with Gasteiger partial charge in [0.15, 0.2) is 0 Å². The van der Waals surface area contributed by atoms with E-state index in [1.54, 1.807) is 14.2 Å². The standard InChI is InChI=1S/C27H30N2O5/c1-5-32-22-10-11-25-26(15-22)29-27(28-25)17-33-18(2)20-6-8-21(9-7-20)34-16-19-12-23(30-3)14-24(13-19)31-4/h6-15,18H,5,16-17H2,1-4H3,(H,28,29). The van der Waals surface area contributed by atoms with Crippen molar-refractivity contribution in [3.63, 3.8) is 0 Å². The highest BCUT2D eigenvalue weighted by atomic mass is 16.5. The van der Waals surface area contributed by atoms with E-state index >= 15 is 0 Å². The molecule has 0 aliphatic carbocycles. The zero-order valence-electron chi connectivity index (χ0n) is 20.0. The molecule has 3 aromatic carbocycles. The van der Waals surface area contributed by atoms with Gasteiger partial charge in [0.1, 0.15) is 42.0 Å². The van der Waals surface area contributed by atoms with E-state index in [-0.39, 0.29) is 6.10 Å². The van der Waals surface area contributed by atoms with Crippen LogP contribution in [0, 0.1) is 0 Å². The largest absolute Gasteiger partial charge is 0.497 e. The maximum absolute atomic E-state index is 6.05. The van der Waals surface area contributed by atoms with Gasteiger partial charge in [0.25, 0.3) is 0 Å². The summed E-state index contributed by atoms with van der Waals surface area (Å²) in [5.41, 5.74) is 3.86. The summed E-state index contributed by atoms with van der Waals surface area (Å²) in [4.78, 5) is 7.90. The van der Waals surface area contributed by atoms with Crippen LogP contribution in [-0.2, 0) is 18.0 Å². The first kappa shape index (κ1) is 23.4. The van der Waals surface area contributed by atoms with Gasteiger partial charge in [-0.05, 0) is 61.4 Å². The third-order valence-electron chi connectivity index (χ3n) is 5.45. The first-order valence-electron chi connectivity index (χ1n) is 11.3. The number of hydrogen-bond acceptors (Lipinski definition) is 6. The molecule has 0 aliphatic heterocycles. The zero-order chi connectivity index (χ0) is 23.9. The number of rotatable bonds is 11. The van der Waals surface area contributed by atoms with Gasteiger partial charge in [-0.15, -0.1) is 0 Å². The highest BCUT2D eigenvalue weighted by Gasteiger charge is 2.10. The number of ether oxygens (including phenoxy) is 5. The molecular weight excluding hydrogens is 432 g/mol. The van der Waals surface area contributed by atoms with Crippen molar-refractivity contribution < 1.29 is 23.7 Å². The maximum Gasteiger partial charge on any atom is 0.133 e. The second-order valence-electron chi connectivity index (χ2n) is 7.83. The van der Waals surface area contributed by atoms with Gasteiger partial charge in [0.05, 0.1) is 38.0 Å². The second kappa shape index (κ2) is 10.9. The molecule has 1 atom stereocenters. The molecule has 1 aromatic heterocycles. The summed E-state index contributed by atoms with van der Waals surface area (Å²) in [5, 5.41) is 0. The quantitative estimate of drug-likeness (QED) is 0.302. The lowest BCUT2D eigenvalue weighted by molar-refractivity contribution is 0.0488. The van der Waals surface area contributed by atoms with Crippen LogP contribution in [0.5, 0.6) is 23.0 Å². The van der Waals surface area contributed by atoms with Crippen LogP contribution in [0.2, 0.25) is 0 Å². The molecule has 1 heterocycles. The number of benzene rings is 3. The molecule has 0 saturated heterocycles. The summed E-state index contributed by atoms with van der Waals surface area (Å²) in [6.07, 6.45) is -0.0936. The summed E-state index contributed by atoms with van der Waals surface area (Å²) in [7, 11) is 3.27. The lowest BCUT2D eigenvalue weighted by Gasteiger charge is -2.14. The third-order valence-corrected chi connectivity index (χ3v) is 5.45. The van der Waals surface area contributed by atoms with Gasteiger partial charge in [0.2, 0.25) is 0 Å². The molecule has 0 amide bonds. The monoisotopic (exact) mass is 462 g/mol. The second-order valence-corrected chi connectivity index (χ2v) is 7.83. The van der Waals surface area contributed by atoms with Crippen LogP contribution < -0.4 is 18.9 Å². The topological polar surface area (TPSA) is 74.8 Å². The van der Waals surface area contributed by atoms with Crippen LogP contribution in [0.15, 0.2) is 60.7 Å². The molecule has 1 N–H and O–H groups in total. The molecule has 4 rings (SSSR count). The number of nitrogens with one attached hydrogen (secondary N) is 1. The third kappa shape index (κ3) is 5.80. The number of hydrogen-bond donors (Lipinski definition) is 1. The van der Waals surface area contributed by atoms with Crippen molar-refractivity contribution in [2.45, 2.75) is 33.2 Å². The van der Waals surface area contributed by atoms with Crippen LogP contribution in [0.3, 0.4) is 0 Å². The number of methoxy groups -OCH3 is 2. The SMILES string of the molecule is CCOc1ccc2nc(COC(C)c3ccc(OCc4cc(OC)cc(OC)c4)cc3)[nH]c2c1. The average molecular weight is 463 g/mol. The van der Waals surface area contributed by atoms with E-state index in [1.807, 2.05) is 74.5 Å². The Bertz CT molecular complexity index is 1200. The Morgan fingerprint density at radius 2 is 1.50 bits per heavy atom. The van der Waals surface area contributed by atoms with Crippen molar-refractivity contribution in [3.8, 4) is 23.0 Å². The minimum absolute atomic E-state index is 0.0936. The normalized spacial score (nSPS) is 11.9. The van der Waals surface area contributed by atoms with Crippen LogP contribution in [0.25, 0.3) is 11.0 Å². The fourth-order valence-corrected chi connectivity index (χ4v) is 3.62. The van der Waals surface area contributed by atoms with Crippen LogP contribution in [0.1, 0.15) is 36.9 Å². The predicted molar refractivity (Wildman–Crippen MR) is 131 cm³/mol. The van der Waals surface area contributed by atoms with Gasteiger partial charge >= 0.3 is 0 Å². The summed E-state index contributed by atoms with van der Waals surface area (Å²) >= 11 is 0. The van der Waals surface area contributed by atoms with Gasteiger partial charge in [-0.2, -0.15) is 0 Å². The van der Waals surface area contributed by atoms with Crippen molar-refractivity contribution in [1.29, 1.82) is 0 Å². The lowest BCUT2D eigenvalue weighted by Crippen LogP contribution is -2.02. The number of aromatic amines is 1. The number of nitrogens with zero attached hydrogens (tertiary/aromatic N) is 1. The fourth-order valence-electron chi connectivity index (χ4n) is 3.62. The van der Waals surface area contributed by atoms with E-state index in [2.05, 4.69) is 9.97 Å². The molecule has 0 radical (unpaired) electrons. The maximum atomic E-state index is 6.05. The Hall–Kier alpha value is -3.71. The number of H-pyrrole nitrogens is 1. The van der Waals surface area contributed by atoms with Crippen LogP contribution in [0.4, 0.5) is 0 Å². The fraction of sp³-hybridized carbons (Fsp3) is 0.296. The Balaban J connectivity index is 1.32. The highest BCUT2D eigenvalue weighted by molar-refractivity contribution is 5.76. The van der Waals surface area contributed by atoms with Gasteiger partial charge in [-0.25, -0.2) is 4.98 Å². The van der Waals surface area contributed by atoms with Crippen LogP contribution in [-0.4, -0.2) is 30.8 Å². The number of fused-ring (bicyclic) bond motifs is 1. The van der Waals surface area contributed by atoms with Crippen molar-refractivity contribution in [2.75, 3.05) is 20.8 Å². The Labute approximate surface area is 199 Å². The van der Waals surface area contributed by atoms with Gasteiger partial charge in [0, 0.05) is 12.1 Å². The molecule has 7 nitrogen and oxygen atoms in total. The van der Waals surface area contributed by atoms with Gasteiger partial charge < -0.3 is 28.7 Å².